The van der Waals surface area contributed by atoms with Gasteiger partial charge >= 0.3 is 0 Å². The van der Waals surface area contributed by atoms with E-state index < -0.39 is 0 Å². The van der Waals surface area contributed by atoms with Crippen LogP contribution in [0.2, 0.25) is 0 Å². The molecule has 0 atom stereocenters. The van der Waals surface area contributed by atoms with Crippen molar-refractivity contribution in [3.8, 4) is 5.75 Å². The lowest BCUT2D eigenvalue weighted by atomic mass is 10.1. The average Bonchev–Trinajstić information content (AvgIpc) is 2.52. The highest BCUT2D eigenvalue weighted by atomic mass is 16.5. The normalized spacial score (nSPS) is 11.6. The molecule has 0 unspecified atom stereocenters. The van der Waals surface area contributed by atoms with Gasteiger partial charge in [0, 0.05) is 27.2 Å². The van der Waals surface area contributed by atoms with E-state index in [1.165, 1.54) is 5.56 Å². The van der Waals surface area contributed by atoms with Crippen molar-refractivity contribution in [1.82, 2.24) is 10.6 Å². The molecular formula is C17H29N3O2. The molecule has 0 saturated heterocycles. The Balaban J connectivity index is 2.29. The Bertz CT molecular complexity index is 430. The minimum atomic E-state index is 0.543. The fourth-order valence-electron chi connectivity index (χ4n) is 1.83. The highest BCUT2D eigenvalue weighted by Gasteiger charge is 2.00. The predicted octanol–water partition coefficient (Wildman–Crippen LogP) is 2.08. The third-order valence-electron chi connectivity index (χ3n) is 3.04. The summed E-state index contributed by atoms with van der Waals surface area (Å²) in [6.07, 6.45) is 0.940. The van der Waals surface area contributed by atoms with Gasteiger partial charge in [-0.3, -0.25) is 4.99 Å². The van der Waals surface area contributed by atoms with Crippen LogP contribution in [0.3, 0.4) is 0 Å². The number of aliphatic imine (C=N–C) groups is 1. The topological polar surface area (TPSA) is 54.9 Å². The van der Waals surface area contributed by atoms with E-state index in [-0.39, 0.29) is 0 Å². The third kappa shape index (κ3) is 7.88. The zero-order valence-electron chi connectivity index (χ0n) is 14.2. The first-order chi connectivity index (χ1) is 10.7. The number of nitrogens with zero attached hydrogens (tertiary/aromatic N) is 1. The van der Waals surface area contributed by atoms with Crippen LogP contribution in [0.4, 0.5) is 0 Å². The number of methoxy groups -OCH3 is 1. The van der Waals surface area contributed by atoms with Crippen LogP contribution >= 0.6 is 0 Å². The third-order valence-corrected chi connectivity index (χ3v) is 3.04. The molecule has 5 heteroatoms. The first-order valence-corrected chi connectivity index (χ1v) is 7.81. The largest absolute Gasteiger partial charge is 0.493 e. The van der Waals surface area contributed by atoms with Crippen LogP contribution in [0.5, 0.6) is 5.75 Å². The molecule has 2 N–H and O–H groups in total. The number of guanidine groups is 1. The van der Waals surface area contributed by atoms with Gasteiger partial charge in [-0.05, 0) is 30.0 Å². The molecule has 0 bridgehead atoms. The van der Waals surface area contributed by atoms with Gasteiger partial charge in [0.25, 0.3) is 0 Å². The molecule has 0 aliphatic carbocycles. The van der Waals surface area contributed by atoms with Gasteiger partial charge in [0.1, 0.15) is 5.75 Å². The van der Waals surface area contributed by atoms with Crippen LogP contribution in [0.15, 0.2) is 29.3 Å². The van der Waals surface area contributed by atoms with Crippen LogP contribution in [0.25, 0.3) is 0 Å². The van der Waals surface area contributed by atoms with E-state index in [2.05, 4.69) is 41.6 Å². The monoisotopic (exact) mass is 307 g/mol. The molecule has 0 heterocycles. The van der Waals surface area contributed by atoms with E-state index in [1.54, 1.807) is 14.2 Å². The Labute approximate surface area is 134 Å². The van der Waals surface area contributed by atoms with Crippen molar-refractivity contribution >= 4 is 5.96 Å². The van der Waals surface area contributed by atoms with Crippen LogP contribution in [0, 0.1) is 5.92 Å². The lowest BCUT2D eigenvalue weighted by molar-refractivity contribution is 0.203. The number of hydrogen-bond donors (Lipinski definition) is 2. The highest BCUT2D eigenvalue weighted by molar-refractivity contribution is 5.79. The smallest absolute Gasteiger partial charge is 0.191 e. The Kier molecular flexibility index (Phi) is 9.07. The van der Waals surface area contributed by atoms with E-state index in [4.69, 9.17) is 9.47 Å². The van der Waals surface area contributed by atoms with Gasteiger partial charge in [-0.25, -0.2) is 0 Å². The molecule has 0 amide bonds. The Hall–Kier alpha value is -1.75. The van der Waals surface area contributed by atoms with Crippen LogP contribution in [-0.4, -0.2) is 46.4 Å². The van der Waals surface area contributed by atoms with Crippen molar-refractivity contribution in [2.24, 2.45) is 10.9 Å². The van der Waals surface area contributed by atoms with Gasteiger partial charge in [0.05, 0.1) is 13.2 Å². The summed E-state index contributed by atoms with van der Waals surface area (Å²) in [4.78, 5) is 4.16. The van der Waals surface area contributed by atoms with Crippen molar-refractivity contribution in [2.75, 3.05) is 40.5 Å². The first kappa shape index (κ1) is 18.3. The molecule has 0 spiro atoms. The second-order valence-electron chi connectivity index (χ2n) is 5.52. The molecule has 1 aromatic carbocycles. The summed E-state index contributed by atoms with van der Waals surface area (Å²) in [5.41, 5.74) is 1.27. The summed E-state index contributed by atoms with van der Waals surface area (Å²) in [7, 11) is 3.45. The number of ether oxygens (including phenoxy) is 2. The predicted molar refractivity (Wildman–Crippen MR) is 91.7 cm³/mol. The summed E-state index contributed by atoms with van der Waals surface area (Å²) < 4.78 is 10.7. The average molecular weight is 307 g/mol. The summed E-state index contributed by atoms with van der Waals surface area (Å²) in [6, 6.07) is 8.28. The quantitative estimate of drug-likeness (QED) is 0.417. The summed E-state index contributed by atoms with van der Waals surface area (Å²) in [5.74, 6) is 2.28. The van der Waals surface area contributed by atoms with Gasteiger partial charge in [0.15, 0.2) is 5.96 Å². The Morgan fingerprint density at radius 3 is 2.41 bits per heavy atom. The van der Waals surface area contributed by atoms with E-state index in [0.717, 1.165) is 37.8 Å². The van der Waals surface area contributed by atoms with Gasteiger partial charge in [0.2, 0.25) is 0 Å². The molecule has 1 aromatic rings. The molecular weight excluding hydrogens is 278 g/mol. The maximum Gasteiger partial charge on any atom is 0.191 e. The van der Waals surface area contributed by atoms with Crippen molar-refractivity contribution in [2.45, 2.75) is 20.3 Å². The van der Waals surface area contributed by atoms with Crippen molar-refractivity contribution in [3.63, 3.8) is 0 Å². The van der Waals surface area contributed by atoms with Gasteiger partial charge < -0.3 is 20.1 Å². The number of nitrogens with one attached hydrogen (secondary N) is 2. The SMILES string of the molecule is CN=C(NCCOC)NCCc1ccc(OCC(C)C)cc1. The van der Waals surface area contributed by atoms with Crippen LogP contribution in [-0.2, 0) is 11.2 Å². The fourth-order valence-corrected chi connectivity index (χ4v) is 1.83. The minimum Gasteiger partial charge on any atom is -0.493 e. The molecule has 124 valence electrons. The maximum atomic E-state index is 5.68. The zero-order valence-corrected chi connectivity index (χ0v) is 14.2. The molecule has 0 fully saturated rings. The van der Waals surface area contributed by atoms with Crippen LogP contribution in [0.1, 0.15) is 19.4 Å². The molecule has 1 rings (SSSR count). The molecule has 0 aromatic heterocycles. The molecule has 5 nitrogen and oxygen atoms in total. The lowest BCUT2D eigenvalue weighted by Gasteiger charge is -2.12. The lowest BCUT2D eigenvalue weighted by Crippen LogP contribution is -2.39. The Morgan fingerprint density at radius 1 is 1.14 bits per heavy atom. The highest BCUT2D eigenvalue weighted by Crippen LogP contribution is 2.13. The second-order valence-corrected chi connectivity index (χ2v) is 5.52. The summed E-state index contributed by atoms with van der Waals surface area (Å²) in [6.45, 7) is 7.29. The van der Waals surface area contributed by atoms with E-state index >= 15 is 0 Å². The Morgan fingerprint density at radius 2 is 1.82 bits per heavy atom. The minimum absolute atomic E-state index is 0.543. The second kappa shape index (κ2) is 10.9. The van der Waals surface area contributed by atoms with E-state index in [1.807, 2.05) is 12.1 Å². The number of hydrogen-bond acceptors (Lipinski definition) is 3. The molecule has 0 saturated carbocycles. The van der Waals surface area contributed by atoms with Gasteiger partial charge in [-0.2, -0.15) is 0 Å². The maximum absolute atomic E-state index is 5.68. The van der Waals surface area contributed by atoms with Crippen molar-refractivity contribution in [1.29, 1.82) is 0 Å². The molecule has 0 aliphatic rings. The molecule has 22 heavy (non-hydrogen) atoms. The first-order valence-electron chi connectivity index (χ1n) is 7.81. The summed E-state index contributed by atoms with van der Waals surface area (Å²) >= 11 is 0. The van der Waals surface area contributed by atoms with E-state index in [9.17, 15) is 0 Å². The number of benzene rings is 1. The summed E-state index contributed by atoms with van der Waals surface area (Å²) in [5, 5.41) is 6.47. The van der Waals surface area contributed by atoms with Gasteiger partial charge in [-0.1, -0.05) is 26.0 Å². The standard InChI is InChI=1S/C17H29N3O2/c1-14(2)13-22-16-7-5-15(6-8-16)9-10-19-17(18-3)20-11-12-21-4/h5-8,14H,9-13H2,1-4H3,(H2,18,19,20). The fraction of sp³-hybridized carbons (Fsp3) is 0.588. The molecule has 0 aliphatic heterocycles. The zero-order chi connectivity index (χ0) is 16.2. The van der Waals surface area contributed by atoms with Gasteiger partial charge in [-0.15, -0.1) is 0 Å². The van der Waals surface area contributed by atoms with Crippen molar-refractivity contribution in [3.05, 3.63) is 29.8 Å². The number of rotatable bonds is 9. The molecule has 0 radical (unpaired) electrons. The van der Waals surface area contributed by atoms with Crippen LogP contribution < -0.4 is 15.4 Å². The van der Waals surface area contributed by atoms with Crippen molar-refractivity contribution < 1.29 is 9.47 Å². The van der Waals surface area contributed by atoms with E-state index in [0.29, 0.717) is 12.5 Å².